The lowest BCUT2D eigenvalue weighted by atomic mass is 9.99. The van der Waals surface area contributed by atoms with E-state index in [4.69, 9.17) is 0 Å². The summed E-state index contributed by atoms with van der Waals surface area (Å²) in [5, 5.41) is 0. The number of Topliss-reactive ketones (excluding diaryl/α,β-unsaturated/α-hetero) is 1. The van der Waals surface area contributed by atoms with Gasteiger partial charge in [-0.05, 0) is 20.3 Å². The van der Waals surface area contributed by atoms with Crippen LogP contribution in [0.25, 0.3) is 0 Å². The molecule has 0 heterocycles. The van der Waals surface area contributed by atoms with Gasteiger partial charge in [0.15, 0.2) is 0 Å². The minimum atomic E-state index is 0.0341. The highest BCUT2D eigenvalue weighted by Gasteiger charge is 2.05. The van der Waals surface area contributed by atoms with Crippen LogP contribution < -0.4 is 0 Å². The van der Waals surface area contributed by atoms with E-state index in [1.807, 2.05) is 0 Å². The van der Waals surface area contributed by atoms with E-state index in [1.165, 1.54) is 19.3 Å². The zero-order valence-electron chi connectivity index (χ0n) is 7.73. The van der Waals surface area contributed by atoms with E-state index in [0.29, 0.717) is 0 Å². The molecule has 0 amide bonds. The van der Waals surface area contributed by atoms with Gasteiger partial charge in [0.25, 0.3) is 0 Å². The molecule has 0 saturated carbocycles. The topological polar surface area (TPSA) is 17.1 Å². The van der Waals surface area contributed by atoms with Crippen LogP contribution in [0.2, 0.25) is 0 Å². The van der Waals surface area contributed by atoms with Gasteiger partial charge < -0.3 is 0 Å². The molecule has 0 aliphatic rings. The van der Waals surface area contributed by atoms with Gasteiger partial charge >= 0.3 is 0 Å². The molecular weight excluding hydrogens is 136 g/mol. The predicted molar refractivity (Wildman–Crippen MR) is 48.3 cm³/mol. The normalized spacial score (nSPS) is 13.0. The Morgan fingerprint density at radius 2 is 2.00 bits per heavy atom. The quantitative estimate of drug-likeness (QED) is 0.539. The SMILES string of the molecule is [CH2]C(CCCCCC)C(C)=O. The molecule has 0 bridgehead atoms. The molecule has 1 radical (unpaired) electrons. The van der Waals surface area contributed by atoms with Crippen molar-refractivity contribution in [3.05, 3.63) is 6.92 Å². The van der Waals surface area contributed by atoms with Crippen LogP contribution in [-0.2, 0) is 4.79 Å². The maximum absolute atomic E-state index is 10.7. The van der Waals surface area contributed by atoms with Crippen molar-refractivity contribution in [2.45, 2.75) is 46.0 Å². The highest BCUT2D eigenvalue weighted by molar-refractivity contribution is 5.78. The molecule has 0 N–H and O–H groups in total. The molecule has 0 aliphatic heterocycles. The lowest BCUT2D eigenvalue weighted by molar-refractivity contribution is -0.119. The third-order valence-electron chi connectivity index (χ3n) is 1.98. The summed E-state index contributed by atoms with van der Waals surface area (Å²) in [6, 6.07) is 0. The summed E-state index contributed by atoms with van der Waals surface area (Å²) >= 11 is 0. The van der Waals surface area contributed by atoms with Gasteiger partial charge in [0.1, 0.15) is 5.78 Å². The van der Waals surface area contributed by atoms with Crippen molar-refractivity contribution in [2.75, 3.05) is 0 Å². The second-order valence-electron chi connectivity index (χ2n) is 3.16. The standard InChI is InChI=1S/C10H19O/c1-4-5-6-7-8-9(2)10(3)11/h9H,2,4-8H2,1,3H3. The fourth-order valence-corrected chi connectivity index (χ4v) is 1.02. The minimum Gasteiger partial charge on any atom is -0.300 e. The van der Waals surface area contributed by atoms with Crippen LogP contribution in [0.1, 0.15) is 46.0 Å². The van der Waals surface area contributed by atoms with Gasteiger partial charge in [0, 0.05) is 5.92 Å². The molecule has 0 saturated heterocycles. The lowest BCUT2D eigenvalue weighted by Gasteiger charge is -2.05. The average molecular weight is 155 g/mol. The Bertz CT molecular complexity index is 107. The van der Waals surface area contributed by atoms with E-state index < -0.39 is 0 Å². The number of unbranched alkanes of at least 4 members (excludes halogenated alkanes) is 3. The van der Waals surface area contributed by atoms with Crippen molar-refractivity contribution in [3.63, 3.8) is 0 Å². The molecule has 0 aromatic carbocycles. The van der Waals surface area contributed by atoms with Gasteiger partial charge in [-0.1, -0.05) is 32.6 Å². The molecule has 0 rings (SSSR count). The Labute approximate surface area is 70.2 Å². The molecule has 0 fully saturated rings. The third kappa shape index (κ3) is 6.08. The van der Waals surface area contributed by atoms with Crippen LogP contribution in [0.15, 0.2) is 0 Å². The fourth-order valence-electron chi connectivity index (χ4n) is 1.02. The second kappa shape index (κ2) is 6.38. The first-order valence-corrected chi connectivity index (χ1v) is 4.52. The van der Waals surface area contributed by atoms with Crippen molar-refractivity contribution in [1.29, 1.82) is 0 Å². The second-order valence-corrected chi connectivity index (χ2v) is 3.16. The summed E-state index contributed by atoms with van der Waals surface area (Å²) in [7, 11) is 0. The van der Waals surface area contributed by atoms with Crippen LogP contribution in [-0.4, -0.2) is 5.78 Å². The van der Waals surface area contributed by atoms with E-state index in [1.54, 1.807) is 6.92 Å². The number of ketones is 1. The molecule has 0 aromatic rings. The molecule has 11 heavy (non-hydrogen) atoms. The summed E-state index contributed by atoms with van der Waals surface area (Å²) < 4.78 is 0. The van der Waals surface area contributed by atoms with Crippen LogP contribution >= 0.6 is 0 Å². The first-order valence-electron chi connectivity index (χ1n) is 4.52. The van der Waals surface area contributed by atoms with Crippen molar-refractivity contribution >= 4 is 5.78 Å². The summed E-state index contributed by atoms with van der Waals surface area (Å²) in [5.41, 5.74) is 0. The van der Waals surface area contributed by atoms with Crippen LogP contribution in [0.5, 0.6) is 0 Å². The van der Waals surface area contributed by atoms with E-state index in [9.17, 15) is 4.79 Å². The molecule has 0 spiro atoms. The third-order valence-corrected chi connectivity index (χ3v) is 1.98. The van der Waals surface area contributed by atoms with Crippen molar-refractivity contribution < 1.29 is 4.79 Å². The average Bonchev–Trinajstić information content (AvgIpc) is 1.97. The molecule has 1 unspecified atom stereocenters. The number of hydrogen-bond acceptors (Lipinski definition) is 1. The summed E-state index contributed by atoms with van der Waals surface area (Å²) in [6.45, 7) is 7.60. The van der Waals surface area contributed by atoms with Crippen LogP contribution in [0.4, 0.5) is 0 Å². The molecule has 65 valence electrons. The van der Waals surface area contributed by atoms with Crippen LogP contribution in [0, 0.1) is 12.8 Å². The van der Waals surface area contributed by atoms with Crippen molar-refractivity contribution in [1.82, 2.24) is 0 Å². The van der Waals surface area contributed by atoms with Gasteiger partial charge in [-0.3, -0.25) is 4.79 Å². The maximum Gasteiger partial charge on any atom is 0.132 e. The highest BCUT2D eigenvalue weighted by atomic mass is 16.1. The van der Waals surface area contributed by atoms with Gasteiger partial charge in [-0.15, -0.1) is 0 Å². The zero-order chi connectivity index (χ0) is 8.69. The smallest absolute Gasteiger partial charge is 0.132 e. The Balaban J connectivity index is 3.17. The summed E-state index contributed by atoms with van der Waals surface area (Å²) in [4.78, 5) is 10.7. The highest BCUT2D eigenvalue weighted by Crippen LogP contribution is 2.10. The molecule has 1 atom stereocenters. The van der Waals surface area contributed by atoms with Crippen molar-refractivity contribution in [3.8, 4) is 0 Å². The Kier molecular flexibility index (Phi) is 6.19. The Hall–Kier alpha value is -0.330. The zero-order valence-corrected chi connectivity index (χ0v) is 7.73. The van der Waals surface area contributed by atoms with E-state index in [0.717, 1.165) is 12.8 Å². The Morgan fingerprint density at radius 1 is 1.36 bits per heavy atom. The van der Waals surface area contributed by atoms with Crippen LogP contribution in [0.3, 0.4) is 0 Å². The molecule has 1 nitrogen and oxygen atoms in total. The van der Waals surface area contributed by atoms with Gasteiger partial charge in [0.05, 0.1) is 0 Å². The van der Waals surface area contributed by atoms with E-state index in [2.05, 4.69) is 13.8 Å². The number of carbonyl (C=O) groups excluding carboxylic acids is 1. The van der Waals surface area contributed by atoms with Gasteiger partial charge in [0.2, 0.25) is 0 Å². The van der Waals surface area contributed by atoms with Gasteiger partial charge in [-0.25, -0.2) is 0 Å². The first kappa shape index (κ1) is 10.7. The largest absolute Gasteiger partial charge is 0.300 e. The summed E-state index contributed by atoms with van der Waals surface area (Å²) in [5.74, 6) is 0.258. The number of carbonyl (C=O) groups is 1. The number of rotatable bonds is 6. The molecule has 1 heteroatoms. The lowest BCUT2D eigenvalue weighted by Crippen LogP contribution is -2.05. The molecule has 0 aromatic heterocycles. The monoisotopic (exact) mass is 155 g/mol. The van der Waals surface area contributed by atoms with Gasteiger partial charge in [-0.2, -0.15) is 0 Å². The Morgan fingerprint density at radius 3 is 2.45 bits per heavy atom. The van der Waals surface area contributed by atoms with Crippen molar-refractivity contribution in [2.24, 2.45) is 5.92 Å². The first-order chi connectivity index (χ1) is 5.18. The molecular formula is C10H19O. The fraction of sp³-hybridized carbons (Fsp3) is 0.800. The summed E-state index contributed by atoms with van der Waals surface area (Å²) in [6.07, 6.45) is 5.90. The predicted octanol–water partition coefficient (Wildman–Crippen LogP) is 3.00. The van der Waals surface area contributed by atoms with E-state index in [-0.39, 0.29) is 11.7 Å². The maximum atomic E-state index is 10.7. The molecule has 0 aliphatic carbocycles. The minimum absolute atomic E-state index is 0.0341. The number of hydrogen-bond donors (Lipinski definition) is 0. The van der Waals surface area contributed by atoms with E-state index >= 15 is 0 Å².